The maximum atomic E-state index is 11.6. The number of ketones is 2. The zero-order valence-corrected chi connectivity index (χ0v) is 8.65. The smallest absolute Gasteiger partial charge is 0.218 e. The SMILES string of the molecule is CC(=O)/C(=N\O)C(=O)c1cccc(Cl)c1. The van der Waals surface area contributed by atoms with Crippen molar-refractivity contribution in [2.45, 2.75) is 6.92 Å². The molecule has 0 amide bonds. The summed E-state index contributed by atoms with van der Waals surface area (Å²) in [5, 5.41) is 11.6. The summed E-state index contributed by atoms with van der Waals surface area (Å²) in [6.45, 7) is 1.15. The van der Waals surface area contributed by atoms with Crippen molar-refractivity contribution in [3.8, 4) is 0 Å². The van der Waals surface area contributed by atoms with Crippen LogP contribution in [0.25, 0.3) is 0 Å². The van der Waals surface area contributed by atoms with E-state index in [-0.39, 0.29) is 5.56 Å². The van der Waals surface area contributed by atoms with Crippen LogP contribution in [0.2, 0.25) is 5.02 Å². The fourth-order valence-corrected chi connectivity index (χ4v) is 1.23. The molecule has 0 saturated carbocycles. The minimum absolute atomic E-state index is 0.213. The highest BCUT2D eigenvalue weighted by Crippen LogP contribution is 2.11. The molecule has 0 atom stereocenters. The van der Waals surface area contributed by atoms with E-state index in [2.05, 4.69) is 5.16 Å². The summed E-state index contributed by atoms with van der Waals surface area (Å²) in [6.07, 6.45) is 0. The average molecular weight is 226 g/mol. The molecule has 1 aromatic carbocycles. The van der Waals surface area contributed by atoms with Gasteiger partial charge in [0.1, 0.15) is 0 Å². The van der Waals surface area contributed by atoms with Gasteiger partial charge in [-0.15, -0.1) is 0 Å². The third-order valence-electron chi connectivity index (χ3n) is 1.74. The molecule has 0 fully saturated rings. The second kappa shape index (κ2) is 4.70. The predicted octanol–water partition coefficient (Wildman–Crippen LogP) is 1.94. The van der Waals surface area contributed by atoms with Crippen LogP contribution >= 0.6 is 11.6 Å². The van der Waals surface area contributed by atoms with E-state index < -0.39 is 17.3 Å². The number of nitrogens with zero attached hydrogens (tertiary/aromatic N) is 1. The molecule has 1 rings (SSSR count). The van der Waals surface area contributed by atoms with Gasteiger partial charge in [0, 0.05) is 17.5 Å². The van der Waals surface area contributed by atoms with Crippen molar-refractivity contribution in [2.75, 3.05) is 0 Å². The minimum atomic E-state index is -0.646. The van der Waals surface area contributed by atoms with Gasteiger partial charge in [0.15, 0.2) is 11.5 Å². The van der Waals surface area contributed by atoms with Crippen LogP contribution in [0.5, 0.6) is 0 Å². The molecule has 5 heteroatoms. The van der Waals surface area contributed by atoms with Gasteiger partial charge in [-0.1, -0.05) is 28.9 Å². The van der Waals surface area contributed by atoms with Crippen LogP contribution < -0.4 is 0 Å². The number of hydrogen-bond acceptors (Lipinski definition) is 4. The lowest BCUT2D eigenvalue weighted by molar-refractivity contribution is -0.111. The molecule has 1 aromatic rings. The largest absolute Gasteiger partial charge is 0.410 e. The lowest BCUT2D eigenvalue weighted by atomic mass is 10.1. The molecule has 0 aliphatic heterocycles. The first kappa shape index (κ1) is 11.4. The summed E-state index contributed by atoms with van der Waals surface area (Å²) in [5.74, 6) is -1.24. The molecule has 4 nitrogen and oxygen atoms in total. The Hall–Kier alpha value is -1.68. The van der Waals surface area contributed by atoms with Gasteiger partial charge in [-0.25, -0.2) is 0 Å². The average Bonchev–Trinajstić information content (AvgIpc) is 2.18. The first-order valence-corrected chi connectivity index (χ1v) is 4.47. The highest BCUT2D eigenvalue weighted by atomic mass is 35.5. The highest BCUT2D eigenvalue weighted by Gasteiger charge is 2.19. The van der Waals surface area contributed by atoms with E-state index in [1.807, 2.05) is 0 Å². The topological polar surface area (TPSA) is 66.7 Å². The van der Waals surface area contributed by atoms with E-state index in [1.165, 1.54) is 12.1 Å². The van der Waals surface area contributed by atoms with Crippen molar-refractivity contribution in [3.05, 3.63) is 34.9 Å². The van der Waals surface area contributed by atoms with Gasteiger partial charge in [-0.3, -0.25) is 9.59 Å². The summed E-state index contributed by atoms with van der Waals surface area (Å²) in [7, 11) is 0. The van der Waals surface area contributed by atoms with E-state index in [1.54, 1.807) is 12.1 Å². The number of benzene rings is 1. The minimum Gasteiger partial charge on any atom is -0.410 e. The second-order valence-electron chi connectivity index (χ2n) is 2.84. The number of oxime groups is 1. The lowest BCUT2D eigenvalue weighted by Gasteiger charge is -2.00. The molecule has 78 valence electrons. The zero-order valence-electron chi connectivity index (χ0n) is 7.90. The van der Waals surface area contributed by atoms with E-state index >= 15 is 0 Å². The molecular weight excluding hydrogens is 218 g/mol. The van der Waals surface area contributed by atoms with Crippen molar-refractivity contribution in [1.82, 2.24) is 0 Å². The molecule has 0 aromatic heterocycles. The first-order valence-electron chi connectivity index (χ1n) is 4.09. The van der Waals surface area contributed by atoms with Crippen LogP contribution in [0.3, 0.4) is 0 Å². The van der Waals surface area contributed by atoms with Crippen LogP contribution in [-0.4, -0.2) is 22.5 Å². The van der Waals surface area contributed by atoms with Crippen LogP contribution in [0, 0.1) is 0 Å². The second-order valence-corrected chi connectivity index (χ2v) is 3.28. The third-order valence-corrected chi connectivity index (χ3v) is 1.97. The van der Waals surface area contributed by atoms with Gasteiger partial charge in [0.2, 0.25) is 5.78 Å². The molecule has 0 aliphatic rings. The summed E-state index contributed by atoms with van der Waals surface area (Å²) in [5.41, 5.74) is -0.289. The summed E-state index contributed by atoms with van der Waals surface area (Å²) < 4.78 is 0. The van der Waals surface area contributed by atoms with E-state index in [0.29, 0.717) is 5.02 Å². The molecule has 0 spiro atoms. The number of Topliss-reactive ketones (excluding diaryl/α,β-unsaturated/α-hetero) is 2. The Labute approximate surface area is 91.2 Å². The molecule has 0 unspecified atom stereocenters. The molecule has 1 N–H and O–H groups in total. The van der Waals surface area contributed by atoms with Crippen LogP contribution in [0.4, 0.5) is 0 Å². The van der Waals surface area contributed by atoms with Crippen molar-refractivity contribution in [3.63, 3.8) is 0 Å². The molecule has 0 radical (unpaired) electrons. The third kappa shape index (κ3) is 2.63. The van der Waals surface area contributed by atoms with Crippen molar-refractivity contribution in [2.24, 2.45) is 5.16 Å². The van der Waals surface area contributed by atoms with Crippen LogP contribution in [0.15, 0.2) is 29.4 Å². The van der Waals surface area contributed by atoms with Crippen molar-refractivity contribution in [1.29, 1.82) is 0 Å². The van der Waals surface area contributed by atoms with Crippen molar-refractivity contribution >= 4 is 28.9 Å². The van der Waals surface area contributed by atoms with Gasteiger partial charge >= 0.3 is 0 Å². The zero-order chi connectivity index (χ0) is 11.4. The van der Waals surface area contributed by atoms with Gasteiger partial charge in [0.25, 0.3) is 0 Å². The molecule has 0 aliphatic carbocycles. The Morgan fingerprint density at radius 1 is 1.40 bits per heavy atom. The van der Waals surface area contributed by atoms with E-state index in [4.69, 9.17) is 16.8 Å². The Morgan fingerprint density at radius 3 is 2.53 bits per heavy atom. The summed E-state index contributed by atoms with van der Waals surface area (Å²) >= 11 is 5.68. The highest BCUT2D eigenvalue weighted by molar-refractivity contribution is 6.68. The predicted molar refractivity (Wildman–Crippen MR) is 55.7 cm³/mol. The van der Waals surface area contributed by atoms with Gasteiger partial charge in [-0.2, -0.15) is 0 Å². The number of halogens is 1. The normalized spacial score (nSPS) is 11.2. The molecule has 15 heavy (non-hydrogen) atoms. The maximum absolute atomic E-state index is 11.6. The quantitative estimate of drug-likeness (QED) is 0.281. The van der Waals surface area contributed by atoms with Gasteiger partial charge < -0.3 is 5.21 Å². The number of carbonyl (C=O) groups is 2. The van der Waals surface area contributed by atoms with Crippen LogP contribution in [-0.2, 0) is 4.79 Å². The number of carbonyl (C=O) groups excluding carboxylic acids is 2. The fraction of sp³-hybridized carbons (Fsp3) is 0.100. The lowest BCUT2D eigenvalue weighted by Crippen LogP contribution is -2.22. The van der Waals surface area contributed by atoms with Gasteiger partial charge in [-0.05, 0) is 12.1 Å². The number of rotatable bonds is 3. The number of hydrogen-bond donors (Lipinski definition) is 1. The monoisotopic (exact) mass is 225 g/mol. The molecule has 0 heterocycles. The van der Waals surface area contributed by atoms with Crippen LogP contribution in [0.1, 0.15) is 17.3 Å². The molecular formula is C10H8ClNO3. The van der Waals surface area contributed by atoms with E-state index in [9.17, 15) is 9.59 Å². The first-order chi connectivity index (χ1) is 7.06. The summed E-state index contributed by atoms with van der Waals surface area (Å²) in [6, 6.07) is 6.06. The van der Waals surface area contributed by atoms with E-state index in [0.717, 1.165) is 6.92 Å². The van der Waals surface area contributed by atoms with Crippen molar-refractivity contribution < 1.29 is 14.8 Å². The molecule has 0 saturated heterocycles. The Bertz CT molecular complexity index is 440. The summed E-state index contributed by atoms with van der Waals surface area (Å²) in [4.78, 5) is 22.5. The Kier molecular flexibility index (Phi) is 3.57. The Morgan fingerprint density at radius 2 is 2.07 bits per heavy atom. The Balaban J connectivity index is 3.09. The fourth-order valence-electron chi connectivity index (χ4n) is 1.04. The van der Waals surface area contributed by atoms with Gasteiger partial charge in [0.05, 0.1) is 0 Å². The maximum Gasteiger partial charge on any atom is 0.218 e. The standard InChI is InChI=1S/C10H8ClNO3/c1-6(13)9(12-15)10(14)7-3-2-4-8(11)5-7/h2-5,15H,1H3/b12-9+. The molecule has 0 bridgehead atoms.